The molecule has 0 aliphatic rings. The predicted molar refractivity (Wildman–Crippen MR) is 74.1 cm³/mol. The zero-order valence-electron chi connectivity index (χ0n) is 10.7. The van der Waals surface area contributed by atoms with Crippen LogP contribution in [0.1, 0.15) is 11.1 Å². The summed E-state index contributed by atoms with van der Waals surface area (Å²) in [4.78, 5) is 2.09. The van der Waals surface area contributed by atoms with Gasteiger partial charge in [0.25, 0.3) is 0 Å². The van der Waals surface area contributed by atoms with Gasteiger partial charge in [0.2, 0.25) is 0 Å². The molecule has 0 atom stereocenters. The fraction of sp³-hybridized carbons (Fsp3) is 0.200. The molecule has 0 heterocycles. The van der Waals surface area contributed by atoms with Gasteiger partial charge in [0.05, 0.1) is 0 Å². The Labute approximate surface area is 107 Å². The maximum absolute atomic E-state index is 13.0. The Bertz CT molecular complexity index is 552. The van der Waals surface area contributed by atoms with Crippen LogP contribution in [-0.2, 0) is 6.54 Å². The van der Waals surface area contributed by atoms with Gasteiger partial charge in [-0.15, -0.1) is 0 Å². The average molecular weight is 244 g/mol. The SMILES string of the molecule is Cc1cc(F)ccc1CN(C)c1cccc(N)c1. The van der Waals surface area contributed by atoms with E-state index in [1.165, 1.54) is 6.07 Å². The summed E-state index contributed by atoms with van der Waals surface area (Å²) in [5.41, 5.74) is 9.64. The molecule has 18 heavy (non-hydrogen) atoms. The number of rotatable bonds is 3. The van der Waals surface area contributed by atoms with Crippen LogP contribution >= 0.6 is 0 Å². The topological polar surface area (TPSA) is 29.3 Å². The summed E-state index contributed by atoms with van der Waals surface area (Å²) in [6, 6.07) is 12.6. The Hall–Kier alpha value is -2.03. The number of nitrogens with two attached hydrogens (primary N) is 1. The molecule has 0 amide bonds. The maximum Gasteiger partial charge on any atom is 0.123 e. The van der Waals surface area contributed by atoms with Crippen LogP contribution < -0.4 is 10.6 Å². The van der Waals surface area contributed by atoms with E-state index in [9.17, 15) is 4.39 Å². The van der Waals surface area contributed by atoms with E-state index in [0.29, 0.717) is 0 Å². The highest BCUT2D eigenvalue weighted by Gasteiger charge is 2.05. The standard InChI is InChI=1S/C15H17FN2/c1-11-8-13(16)7-6-12(11)10-18(2)15-5-3-4-14(17)9-15/h3-9H,10,17H2,1-2H3. The van der Waals surface area contributed by atoms with Crippen molar-refractivity contribution < 1.29 is 4.39 Å². The Kier molecular flexibility index (Phi) is 3.51. The molecule has 2 N–H and O–H groups in total. The van der Waals surface area contributed by atoms with E-state index in [4.69, 9.17) is 5.73 Å². The van der Waals surface area contributed by atoms with Crippen LogP contribution in [0.5, 0.6) is 0 Å². The lowest BCUT2D eigenvalue weighted by Crippen LogP contribution is -2.17. The van der Waals surface area contributed by atoms with Gasteiger partial charge >= 0.3 is 0 Å². The lowest BCUT2D eigenvalue weighted by molar-refractivity contribution is 0.625. The number of benzene rings is 2. The van der Waals surface area contributed by atoms with E-state index in [-0.39, 0.29) is 5.82 Å². The maximum atomic E-state index is 13.0. The molecule has 0 saturated carbocycles. The molecule has 0 radical (unpaired) electrons. The van der Waals surface area contributed by atoms with Gasteiger partial charge < -0.3 is 10.6 Å². The normalized spacial score (nSPS) is 10.4. The zero-order valence-corrected chi connectivity index (χ0v) is 10.7. The summed E-state index contributed by atoms with van der Waals surface area (Å²) in [6.45, 7) is 2.65. The first-order valence-electron chi connectivity index (χ1n) is 5.88. The summed E-state index contributed by atoms with van der Waals surface area (Å²) in [7, 11) is 2.00. The number of hydrogen-bond acceptors (Lipinski definition) is 2. The summed E-state index contributed by atoms with van der Waals surface area (Å²) in [6.07, 6.45) is 0. The number of anilines is 2. The smallest absolute Gasteiger partial charge is 0.123 e. The van der Waals surface area contributed by atoms with Crippen molar-refractivity contribution in [3.8, 4) is 0 Å². The number of halogens is 1. The van der Waals surface area contributed by atoms with Crippen LogP contribution in [0.3, 0.4) is 0 Å². The number of aryl methyl sites for hydroxylation is 1. The second kappa shape index (κ2) is 5.08. The van der Waals surface area contributed by atoms with Crippen molar-refractivity contribution in [2.45, 2.75) is 13.5 Å². The Morgan fingerprint density at radius 3 is 2.61 bits per heavy atom. The largest absolute Gasteiger partial charge is 0.399 e. The highest BCUT2D eigenvalue weighted by molar-refractivity contribution is 5.55. The van der Waals surface area contributed by atoms with Crippen LogP contribution in [0.25, 0.3) is 0 Å². The second-order valence-electron chi connectivity index (χ2n) is 4.52. The molecular weight excluding hydrogens is 227 g/mol. The fourth-order valence-corrected chi connectivity index (χ4v) is 1.95. The molecule has 0 spiro atoms. The Morgan fingerprint density at radius 1 is 1.17 bits per heavy atom. The van der Waals surface area contributed by atoms with Gasteiger partial charge in [-0.05, 0) is 48.4 Å². The molecule has 2 nitrogen and oxygen atoms in total. The molecule has 2 rings (SSSR count). The summed E-state index contributed by atoms with van der Waals surface area (Å²) in [5.74, 6) is -0.192. The molecule has 3 heteroatoms. The van der Waals surface area contributed by atoms with Crippen LogP contribution in [0.4, 0.5) is 15.8 Å². The minimum Gasteiger partial charge on any atom is -0.399 e. The van der Waals surface area contributed by atoms with E-state index in [2.05, 4.69) is 4.90 Å². The third-order valence-electron chi connectivity index (χ3n) is 3.02. The number of hydrogen-bond donors (Lipinski definition) is 1. The van der Waals surface area contributed by atoms with Gasteiger partial charge in [-0.25, -0.2) is 4.39 Å². The summed E-state index contributed by atoms with van der Waals surface area (Å²) >= 11 is 0. The first kappa shape index (κ1) is 12.4. The third kappa shape index (κ3) is 2.80. The molecule has 0 fully saturated rings. The molecule has 0 aliphatic heterocycles. The third-order valence-corrected chi connectivity index (χ3v) is 3.02. The molecule has 0 bridgehead atoms. The molecule has 2 aromatic rings. The van der Waals surface area contributed by atoms with Crippen LogP contribution in [-0.4, -0.2) is 7.05 Å². The van der Waals surface area contributed by atoms with Gasteiger partial charge in [-0.1, -0.05) is 12.1 Å². The van der Waals surface area contributed by atoms with E-state index in [1.807, 2.05) is 44.3 Å². The van der Waals surface area contributed by atoms with Gasteiger partial charge in [-0.2, -0.15) is 0 Å². The highest BCUT2D eigenvalue weighted by Crippen LogP contribution is 2.20. The predicted octanol–water partition coefficient (Wildman–Crippen LogP) is 3.35. The lowest BCUT2D eigenvalue weighted by atomic mass is 10.1. The molecule has 0 aliphatic carbocycles. The summed E-state index contributed by atoms with van der Waals surface area (Å²) in [5, 5.41) is 0. The van der Waals surface area contributed by atoms with Crippen LogP contribution in [0, 0.1) is 12.7 Å². The second-order valence-corrected chi connectivity index (χ2v) is 4.52. The van der Waals surface area contributed by atoms with Crippen molar-refractivity contribution in [2.24, 2.45) is 0 Å². The fourth-order valence-electron chi connectivity index (χ4n) is 1.95. The zero-order chi connectivity index (χ0) is 13.1. The van der Waals surface area contributed by atoms with Gasteiger partial charge in [0.1, 0.15) is 5.82 Å². The molecular formula is C15H17FN2. The first-order valence-corrected chi connectivity index (χ1v) is 5.88. The summed E-state index contributed by atoms with van der Waals surface area (Å²) < 4.78 is 13.0. The number of nitrogens with zero attached hydrogens (tertiary/aromatic N) is 1. The van der Waals surface area contributed by atoms with Crippen molar-refractivity contribution in [1.82, 2.24) is 0 Å². The van der Waals surface area contributed by atoms with E-state index < -0.39 is 0 Å². The van der Waals surface area contributed by atoms with E-state index in [1.54, 1.807) is 6.07 Å². The van der Waals surface area contributed by atoms with Crippen molar-refractivity contribution >= 4 is 11.4 Å². The average Bonchev–Trinajstić information content (AvgIpc) is 2.32. The quantitative estimate of drug-likeness (QED) is 0.839. The lowest BCUT2D eigenvalue weighted by Gasteiger charge is -2.21. The van der Waals surface area contributed by atoms with Gasteiger partial charge in [0.15, 0.2) is 0 Å². The van der Waals surface area contributed by atoms with E-state index >= 15 is 0 Å². The van der Waals surface area contributed by atoms with Crippen molar-refractivity contribution in [3.05, 3.63) is 59.4 Å². The monoisotopic (exact) mass is 244 g/mol. The molecule has 0 aromatic heterocycles. The minimum atomic E-state index is -0.192. The first-order chi connectivity index (χ1) is 8.56. The van der Waals surface area contributed by atoms with Crippen molar-refractivity contribution in [2.75, 3.05) is 17.7 Å². The van der Waals surface area contributed by atoms with Crippen LogP contribution in [0.15, 0.2) is 42.5 Å². The Balaban J connectivity index is 2.18. The van der Waals surface area contributed by atoms with E-state index in [0.717, 1.165) is 29.0 Å². The van der Waals surface area contributed by atoms with Crippen LogP contribution in [0.2, 0.25) is 0 Å². The van der Waals surface area contributed by atoms with Gasteiger partial charge in [0, 0.05) is 25.0 Å². The molecule has 2 aromatic carbocycles. The highest BCUT2D eigenvalue weighted by atomic mass is 19.1. The van der Waals surface area contributed by atoms with Crippen molar-refractivity contribution in [3.63, 3.8) is 0 Å². The number of nitrogen functional groups attached to an aromatic ring is 1. The van der Waals surface area contributed by atoms with Crippen molar-refractivity contribution in [1.29, 1.82) is 0 Å². The minimum absolute atomic E-state index is 0.192. The van der Waals surface area contributed by atoms with Gasteiger partial charge in [-0.3, -0.25) is 0 Å². The molecule has 0 saturated heterocycles. The molecule has 0 unspecified atom stereocenters. The molecule has 94 valence electrons. The Morgan fingerprint density at radius 2 is 1.94 bits per heavy atom.